The van der Waals surface area contributed by atoms with E-state index in [0.29, 0.717) is 10.9 Å². The molecule has 118 valence electrons. The smallest absolute Gasteiger partial charge is 0.148 e. The largest absolute Gasteiger partial charge is 0.486 e. The molecule has 2 bridgehead atoms. The average molecular weight is 329 g/mol. The summed E-state index contributed by atoms with van der Waals surface area (Å²) in [5.74, 6) is 1.48. The molecule has 23 heavy (non-hydrogen) atoms. The van der Waals surface area contributed by atoms with Crippen LogP contribution in [0.3, 0.4) is 0 Å². The zero-order valence-corrected chi connectivity index (χ0v) is 13.4. The molecular weight excluding hydrogens is 312 g/mol. The fourth-order valence-corrected chi connectivity index (χ4v) is 4.13. The van der Waals surface area contributed by atoms with Gasteiger partial charge in [0.2, 0.25) is 0 Å². The highest BCUT2D eigenvalue weighted by molar-refractivity contribution is 6.31. The summed E-state index contributed by atoms with van der Waals surface area (Å²) in [6, 6.07) is 1.94. The predicted octanol–water partition coefficient (Wildman–Crippen LogP) is 3.24. The Bertz CT molecular complexity index is 885. The number of halogens is 1. The zero-order chi connectivity index (χ0) is 15.4. The Labute approximate surface area is 138 Å². The molecule has 3 aliphatic rings. The fraction of sp³-hybridized carbons (Fsp3) is 0.412. The minimum Gasteiger partial charge on any atom is -0.486 e. The minimum atomic E-state index is 0.252. The number of piperidine rings is 3. The van der Waals surface area contributed by atoms with E-state index >= 15 is 0 Å². The van der Waals surface area contributed by atoms with Crippen molar-refractivity contribution in [3.63, 3.8) is 0 Å². The number of rotatable bonds is 2. The van der Waals surface area contributed by atoms with Crippen molar-refractivity contribution >= 4 is 33.5 Å². The Morgan fingerprint density at radius 3 is 2.87 bits per heavy atom. The SMILES string of the molecule is Clc1cnc2[nH]c3cncc(O[C@@H]4CN5CCC4CC5)c3c2c1. The molecule has 3 aromatic heterocycles. The molecule has 3 saturated heterocycles. The van der Waals surface area contributed by atoms with E-state index in [2.05, 4.69) is 19.9 Å². The standard InChI is InChI=1S/C17H17ClN4O/c18-11-5-12-16-13(21-17(12)20-6-11)7-19-8-14(16)23-15-9-22-3-1-10(15)2-4-22/h5-8,10,15H,1-4,9H2,(H,20,21)/t15-/m1/s1. The van der Waals surface area contributed by atoms with Gasteiger partial charge in [0.15, 0.2) is 0 Å². The van der Waals surface area contributed by atoms with Crippen LogP contribution in [0.2, 0.25) is 5.02 Å². The Kier molecular flexibility index (Phi) is 3.00. The van der Waals surface area contributed by atoms with Crippen molar-refractivity contribution in [2.75, 3.05) is 19.6 Å². The van der Waals surface area contributed by atoms with Crippen LogP contribution >= 0.6 is 11.6 Å². The summed E-state index contributed by atoms with van der Waals surface area (Å²) in [6.07, 6.45) is 8.00. The topological polar surface area (TPSA) is 54.0 Å². The molecule has 3 aliphatic heterocycles. The third-order valence-corrected chi connectivity index (χ3v) is 5.37. The van der Waals surface area contributed by atoms with E-state index in [1.54, 1.807) is 6.20 Å². The summed E-state index contributed by atoms with van der Waals surface area (Å²) in [6.45, 7) is 3.43. The lowest BCUT2D eigenvalue weighted by Crippen LogP contribution is -2.52. The maximum absolute atomic E-state index is 6.41. The molecule has 6 heterocycles. The molecule has 0 amide bonds. The molecule has 6 rings (SSSR count). The molecule has 0 aromatic carbocycles. The number of hydrogen-bond donors (Lipinski definition) is 1. The van der Waals surface area contributed by atoms with E-state index in [0.717, 1.165) is 34.2 Å². The number of fused-ring (bicyclic) bond motifs is 6. The average Bonchev–Trinajstić information content (AvgIpc) is 2.95. The van der Waals surface area contributed by atoms with Gasteiger partial charge in [0.1, 0.15) is 17.5 Å². The summed E-state index contributed by atoms with van der Waals surface area (Å²) >= 11 is 6.13. The van der Waals surface area contributed by atoms with E-state index in [1.807, 2.05) is 18.5 Å². The van der Waals surface area contributed by atoms with Gasteiger partial charge in [-0.15, -0.1) is 0 Å². The number of H-pyrrole nitrogens is 1. The lowest BCUT2D eigenvalue weighted by atomic mass is 9.86. The number of aromatic nitrogens is 3. The second kappa shape index (κ2) is 5.08. The van der Waals surface area contributed by atoms with Gasteiger partial charge in [-0.25, -0.2) is 4.98 Å². The van der Waals surface area contributed by atoms with Crippen molar-refractivity contribution in [3.05, 3.63) is 29.7 Å². The van der Waals surface area contributed by atoms with Crippen LogP contribution in [0.4, 0.5) is 0 Å². The second-order valence-electron chi connectivity index (χ2n) is 6.53. The van der Waals surface area contributed by atoms with E-state index < -0.39 is 0 Å². The van der Waals surface area contributed by atoms with E-state index in [1.165, 1.54) is 25.9 Å². The molecule has 1 atom stereocenters. The number of nitrogens with one attached hydrogen (secondary N) is 1. The molecular formula is C17H17ClN4O. The predicted molar refractivity (Wildman–Crippen MR) is 90.0 cm³/mol. The van der Waals surface area contributed by atoms with Gasteiger partial charge in [-0.3, -0.25) is 9.88 Å². The molecule has 0 spiro atoms. The van der Waals surface area contributed by atoms with Crippen LogP contribution < -0.4 is 4.74 Å². The van der Waals surface area contributed by atoms with Crippen molar-refractivity contribution < 1.29 is 4.74 Å². The van der Waals surface area contributed by atoms with Gasteiger partial charge in [-0.1, -0.05) is 11.6 Å². The number of nitrogens with zero attached hydrogens (tertiary/aromatic N) is 3. The molecule has 6 heteroatoms. The Morgan fingerprint density at radius 1 is 1.22 bits per heavy atom. The van der Waals surface area contributed by atoms with Crippen molar-refractivity contribution in [1.29, 1.82) is 0 Å². The molecule has 1 N–H and O–H groups in total. The minimum absolute atomic E-state index is 0.252. The van der Waals surface area contributed by atoms with Crippen LogP contribution in [0.5, 0.6) is 5.75 Å². The monoisotopic (exact) mass is 328 g/mol. The van der Waals surface area contributed by atoms with Gasteiger partial charge in [-0.2, -0.15) is 0 Å². The van der Waals surface area contributed by atoms with Crippen LogP contribution in [0, 0.1) is 5.92 Å². The molecule has 0 unspecified atom stereocenters. The third kappa shape index (κ3) is 2.18. The summed E-state index contributed by atoms with van der Waals surface area (Å²) in [5.41, 5.74) is 1.75. The summed E-state index contributed by atoms with van der Waals surface area (Å²) in [4.78, 5) is 14.5. The van der Waals surface area contributed by atoms with Crippen molar-refractivity contribution in [1.82, 2.24) is 19.9 Å². The van der Waals surface area contributed by atoms with Gasteiger partial charge in [0.05, 0.1) is 28.3 Å². The second-order valence-corrected chi connectivity index (χ2v) is 6.97. The van der Waals surface area contributed by atoms with Crippen molar-refractivity contribution in [3.8, 4) is 5.75 Å². The summed E-state index contributed by atoms with van der Waals surface area (Å²) in [7, 11) is 0. The lowest BCUT2D eigenvalue weighted by molar-refractivity contribution is -0.00713. The van der Waals surface area contributed by atoms with Crippen LogP contribution in [-0.2, 0) is 0 Å². The first-order valence-corrected chi connectivity index (χ1v) is 8.46. The number of hydrogen-bond acceptors (Lipinski definition) is 4. The van der Waals surface area contributed by atoms with Gasteiger partial charge in [0.25, 0.3) is 0 Å². The highest BCUT2D eigenvalue weighted by Gasteiger charge is 2.35. The highest BCUT2D eigenvalue weighted by Crippen LogP contribution is 2.36. The molecule has 5 nitrogen and oxygen atoms in total. The Balaban J connectivity index is 1.60. The zero-order valence-electron chi connectivity index (χ0n) is 12.6. The first kappa shape index (κ1) is 13.6. The normalized spacial score (nSPS) is 26.9. The Morgan fingerprint density at radius 2 is 2.09 bits per heavy atom. The van der Waals surface area contributed by atoms with E-state index in [-0.39, 0.29) is 6.10 Å². The van der Waals surface area contributed by atoms with Gasteiger partial charge >= 0.3 is 0 Å². The van der Waals surface area contributed by atoms with Crippen LogP contribution in [-0.4, -0.2) is 45.6 Å². The maximum atomic E-state index is 6.41. The van der Waals surface area contributed by atoms with Crippen LogP contribution in [0.25, 0.3) is 21.9 Å². The Hall–Kier alpha value is -1.85. The number of pyridine rings is 2. The molecule has 3 aromatic rings. The summed E-state index contributed by atoms with van der Waals surface area (Å²) in [5, 5.41) is 2.65. The highest BCUT2D eigenvalue weighted by atomic mass is 35.5. The first-order valence-electron chi connectivity index (χ1n) is 8.08. The maximum Gasteiger partial charge on any atom is 0.148 e. The van der Waals surface area contributed by atoms with Crippen molar-refractivity contribution in [2.24, 2.45) is 5.92 Å². The number of ether oxygens (including phenoxy) is 1. The van der Waals surface area contributed by atoms with Gasteiger partial charge in [0, 0.05) is 18.1 Å². The van der Waals surface area contributed by atoms with E-state index in [4.69, 9.17) is 16.3 Å². The summed E-state index contributed by atoms with van der Waals surface area (Å²) < 4.78 is 6.41. The lowest BCUT2D eigenvalue weighted by Gasteiger charge is -2.44. The quantitative estimate of drug-likeness (QED) is 0.784. The van der Waals surface area contributed by atoms with Crippen LogP contribution in [0.1, 0.15) is 12.8 Å². The molecule has 0 saturated carbocycles. The van der Waals surface area contributed by atoms with Crippen LogP contribution in [0.15, 0.2) is 24.7 Å². The van der Waals surface area contributed by atoms with E-state index in [9.17, 15) is 0 Å². The first-order chi connectivity index (χ1) is 11.3. The molecule has 0 radical (unpaired) electrons. The molecule has 0 aliphatic carbocycles. The van der Waals surface area contributed by atoms with Crippen molar-refractivity contribution in [2.45, 2.75) is 18.9 Å². The van der Waals surface area contributed by atoms with Gasteiger partial charge < -0.3 is 9.72 Å². The third-order valence-electron chi connectivity index (χ3n) is 5.16. The fourth-order valence-electron chi connectivity index (χ4n) is 3.97. The molecule has 3 fully saturated rings. The van der Waals surface area contributed by atoms with Gasteiger partial charge in [-0.05, 0) is 37.9 Å². The number of aromatic amines is 1.